The number of para-hydroxylation sites is 1. The highest BCUT2D eigenvalue weighted by Gasteiger charge is 2.38. The smallest absolute Gasteiger partial charge is 0.309 e. The molecule has 1 saturated carbocycles. The third kappa shape index (κ3) is 2.97. The van der Waals surface area contributed by atoms with Gasteiger partial charge in [0.2, 0.25) is 0 Å². The van der Waals surface area contributed by atoms with Crippen molar-refractivity contribution < 1.29 is 14.3 Å². The lowest BCUT2D eigenvalue weighted by Crippen LogP contribution is -2.25. The van der Waals surface area contributed by atoms with E-state index in [0.29, 0.717) is 0 Å². The molecular formula is C20H25NO3. The zero-order chi connectivity index (χ0) is 17.3. The van der Waals surface area contributed by atoms with Crippen molar-refractivity contribution in [3.05, 3.63) is 41.6 Å². The number of hydrogen-bond acceptors (Lipinski definition) is 4. The van der Waals surface area contributed by atoms with Gasteiger partial charge < -0.3 is 9.64 Å². The Labute approximate surface area is 143 Å². The Morgan fingerprint density at radius 2 is 1.92 bits per heavy atom. The van der Waals surface area contributed by atoms with Crippen LogP contribution in [0.4, 0.5) is 5.69 Å². The van der Waals surface area contributed by atoms with E-state index < -0.39 is 0 Å². The van der Waals surface area contributed by atoms with Crippen LogP contribution in [0.25, 0.3) is 0 Å². The van der Waals surface area contributed by atoms with E-state index in [1.54, 1.807) is 6.08 Å². The fourth-order valence-electron chi connectivity index (χ4n) is 3.87. The number of rotatable bonds is 4. The number of likely N-dealkylation sites (N-methyl/N-ethyl adjacent to an activating group) is 1. The molecule has 0 N–H and O–H groups in total. The molecule has 1 aromatic rings. The van der Waals surface area contributed by atoms with Crippen LogP contribution in [-0.4, -0.2) is 25.4 Å². The molecule has 0 spiro atoms. The summed E-state index contributed by atoms with van der Waals surface area (Å²) in [6, 6.07) is 8.17. The SMILES string of the molecule is CN1C(=CC(=O)COC(=O)C2CCCC2)C(C)(C)c2ccccc21. The van der Waals surface area contributed by atoms with E-state index in [4.69, 9.17) is 4.74 Å². The van der Waals surface area contributed by atoms with E-state index in [0.717, 1.165) is 37.1 Å². The molecule has 4 heteroatoms. The number of allylic oxidation sites excluding steroid dienone is 1. The van der Waals surface area contributed by atoms with Gasteiger partial charge in [0.05, 0.1) is 5.92 Å². The number of esters is 1. The van der Waals surface area contributed by atoms with Crippen molar-refractivity contribution in [1.82, 2.24) is 0 Å². The van der Waals surface area contributed by atoms with Gasteiger partial charge in [-0.1, -0.05) is 44.9 Å². The quantitative estimate of drug-likeness (QED) is 0.626. The molecule has 3 rings (SSSR count). The van der Waals surface area contributed by atoms with Gasteiger partial charge in [-0.05, 0) is 24.5 Å². The van der Waals surface area contributed by atoms with Crippen molar-refractivity contribution in [3.8, 4) is 0 Å². The average molecular weight is 327 g/mol. The van der Waals surface area contributed by atoms with Crippen LogP contribution < -0.4 is 4.90 Å². The van der Waals surface area contributed by atoms with Gasteiger partial charge in [-0.2, -0.15) is 0 Å². The van der Waals surface area contributed by atoms with Crippen molar-refractivity contribution in [1.29, 1.82) is 0 Å². The second-order valence-corrected chi connectivity index (χ2v) is 7.29. The molecule has 1 aliphatic carbocycles. The van der Waals surface area contributed by atoms with Gasteiger partial charge in [0, 0.05) is 29.9 Å². The summed E-state index contributed by atoms with van der Waals surface area (Å²) in [4.78, 5) is 26.3. The van der Waals surface area contributed by atoms with Gasteiger partial charge in [0.1, 0.15) is 0 Å². The summed E-state index contributed by atoms with van der Waals surface area (Å²) in [7, 11) is 1.97. The number of hydrogen-bond donors (Lipinski definition) is 0. The minimum Gasteiger partial charge on any atom is -0.457 e. The molecular weight excluding hydrogens is 302 g/mol. The van der Waals surface area contributed by atoms with Gasteiger partial charge >= 0.3 is 5.97 Å². The van der Waals surface area contributed by atoms with E-state index in [2.05, 4.69) is 26.0 Å². The molecule has 0 bridgehead atoms. The number of carbonyl (C=O) groups is 2. The van der Waals surface area contributed by atoms with Gasteiger partial charge in [0.15, 0.2) is 12.4 Å². The third-order valence-corrected chi connectivity index (χ3v) is 5.28. The predicted octanol–water partition coefficient (Wildman–Crippen LogP) is 3.60. The highest BCUT2D eigenvalue weighted by Crippen LogP contribution is 2.46. The Balaban J connectivity index is 1.69. The Kier molecular flexibility index (Phi) is 4.48. The fourth-order valence-corrected chi connectivity index (χ4v) is 3.87. The topological polar surface area (TPSA) is 46.6 Å². The summed E-state index contributed by atoms with van der Waals surface area (Å²) in [6.45, 7) is 4.05. The Hall–Kier alpha value is -2.10. The van der Waals surface area contributed by atoms with Gasteiger partial charge in [-0.25, -0.2) is 0 Å². The van der Waals surface area contributed by atoms with E-state index >= 15 is 0 Å². The minimum atomic E-state index is -0.240. The molecule has 0 aromatic heterocycles. The number of fused-ring (bicyclic) bond motifs is 1. The summed E-state index contributed by atoms with van der Waals surface area (Å²) in [6.07, 6.45) is 5.56. The van der Waals surface area contributed by atoms with Crippen molar-refractivity contribution in [2.75, 3.05) is 18.6 Å². The molecule has 1 aromatic carbocycles. The number of ether oxygens (including phenoxy) is 1. The Morgan fingerprint density at radius 1 is 1.25 bits per heavy atom. The van der Waals surface area contributed by atoms with E-state index in [1.807, 2.05) is 24.1 Å². The molecule has 0 atom stereocenters. The number of ketones is 1. The van der Waals surface area contributed by atoms with Crippen LogP contribution in [0, 0.1) is 5.92 Å². The summed E-state index contributed by atoms with van der Waals surface area (Å²) >= 11 is 0. The van der Waals surface area contributed by atoms with Gasteiger partial charge in [-0.15, -0.1) is 0 Å². The van der Waals surface area contributed by atoms with Crippen LogP contribution in [0.5, 0.6) is 0 Å². The van der Waals surface area contributed by atoms with Crippen LogP contribution in [0.1, 0.15) is 45.1 Å². The molecule has 1 heterocycles. The number of anilines is 1. The van der Waals surface area contributed by atoms with Crippen LogP contribution in [0.15, 0.2) is 36.0 Å². The first-order valence-corrected chi connectivity index (χ1v) is 8.66. The maximum atomic E-state index is 12.3. The Bertz CT molecular complexity index is 684. The fraction of sp³-hybridized carbons (Fsp3) is 0.500. The summed E-state index contributed by atoms with van der Waals surface area (Å²) in [5.41, 5.74) is 3.01. The molecule has 2 aliphatic rings. The standard InChI is InChI=1S/C20H25NO3/c1-20(2)16-10-6-7-11-17(16)21(3)18(20)12-15(22)13-24-19(23)14-8-4-5-9-14/h6-7,10-12,14H,4-5,8-9,13H2,1-3H3. The molecule has 24 heavy (non-hydrogen) atoms. The molecule has 1 fully saturated rings. The first-order valence-electron chi connectivity index (χ1n) is 8.66. The largest absolute Gasteiger partial charge is 0.457 e. The lowest BCUT2D eigenvalue weighted by atomic mass is 9.83. The van der Waals surface area contributed by atoms with Crippen molar-refractivity contribution in [2.24, 2.45) is 5.92 Å². The van der Waals surface area contributed by atoms with Crippen molar-refractivity contribution in [2.45, 2.75) is 44.9 Å². The lowest BCUT2D eigenvalue weighted by molar-refractivity contribution is -0.151. The molecule has 4 nitrogen and oxygen atoms in total. The zero-order valence-electron chi connectivity index (χ0n) is 14.7. The van der Waals surface area contributed by atoms with Crippen LogP contribution in [0.3, 0.4) is 0 Å². The van der Waals surface area contributed by atoms with Crippen LogP contribution >= 0.6 is 0 Å². The van der Waals surface area contributed by atoms with E-state index in [1.165, 1.54) is 5.56 Å². The number of benzene rings is 1. The monoisotopic (exact) mass is 327 g/mol. The molecule has 0 saturated heterocycles. The molecule has 128 valence electrons. The second kappa shape index (κ2) is 6.42. The van der Waals surface area contributed by atoms with Crippen LogP contribution in [0.2, 0.25) is 0 Å². The second-order valence-electron chi connectivity index (χ2n) is 7.29. The summed E-state index contributed by atoms with van der Waals surface area (Å²) < 4.78 is 5.23. The van der Waals surface area contributed by atoms with Crippen molar-refractivity contribution >= 4 is 17.4 Å². The maximum absolute atomic E-state index is 12.3. The number of nitrogens with zero attached hydrogens (tertiary/aromatic N) is 1. The average Bonchev–Trinajstić information content (AvgIpc) is 3.16. The number of carbonyl (C=O) groups excluding carboxylic acids is 2. The molecule has 1 aliphatic heterocycles. The zero-order valence-corrected chi connectivity index (χ0v) is 14.7. The first kappa shape index (κ1) is 16.7. The highest BCUT2D eigenvalue weighted by molar-refractivity contribution is 5.94. The normalized spacial score (nSPS) is 21.1. The Morgan fingerprint density at radius 3 is 2.58 bits per heavy atom. The minimum absolute atomic E-state index is 0.0136. The molecule has 0 radical (unpaired) electrons. The van der Waals surface area contributed by atoms with E-state index in [9.17, 15) is 9.59 Å². The van der Waals surface area contributed by atoms with Gasteiger partial charge in [0.25, 0.3) is 0 Å². The lowest BCUT2D eigenvalue weighted by Gasteiger charge is -2.24. The molecule has 0 unspecified atom stereocenters. The third-order valence-electron chi connectivity index (χ3n) is 5.28. The summed E-state index contributed by atoms with van der Waals surface area (Å²) in [5, 5.41) is 0. The van der Waals surface area contributed by atoms with Crippen LogP contribution in [-0.2, 0) is 19.7 Å². The van der Waals surface area contributed by atoms with Gasteiger partial charge in [-0.3, -0.25) is 9.59 Å². The van der Waals surface area contributed by atoms with Crippen molar-refractivity contribution in [3.63, 3.8) is 0 Å². The molecule has 0 amide bonds. The predicted molar refractivity (Wildman–Crippen MR) is 93.9 cm³/mol. The van der Waals surface area contributed by atoms with E-state index in [-0.39, 0.29) is 29.7 Å². The first-order chi connectivity index (χ1) is 11.4. The maximum Gasteiger partial charge on any atom is 0.309 e. The summed E-state index contributed by atoms with van der Waals surface area (Å²) in [5.74, 6) is -0.397. The highest BCUT2D eigenvalue weighted by atomic mass is 16.5.